The normalized spacial score (nSPS) is 11.5. The number of hydrogen-bond donors (Lipinski definition) is 1. The van der Waals surface area contributed by atoms with Crippen molar-refractivity contribution in [1.29, 1.82) is 0 Å². The lowest BCUT2D eigenvalue weighted by Crippen LogP contribution is -2.42. The number of aromatic nitrogens is 1. The number of hydrogen-bond acceptors (Lipinski definition) is 3. The lowest BCUT2D eigenvalue weighted by atomic mass is 10.1. The molecule has 0 radical (unpaired) electrons. The third-order valence-corrected chi connectivity index (χ3v) is 2.45. The first-order valence-corrected chi connectivity index (χ1v) is 5.36. The van der Waals surface area contributed by atoms with Gasteiger partial charge in [-0.2, -0.15) is 0 Å². The third-order valence-electron chi connectivity index (χ3n) is 2.45. The highest BCUT2D eigenvalue weighted by Gasteiger charge is 2.22. The van der Waals surface area contributed by atoms with Gasteiger partial charge in [0, 0.05) is 12.1 Å². The van der Waals surface area contributed by atoms with E-state index in [4.69, 9.17) is 5.73 Å². The minimum absolute atomic E-state index is 0.0859. The molecular weight excluding hydrogens is 186 g/mol. The average molecular weight is 207 g/mol. The number of anilines is 2. The summed E-state index contributed by atoms with van der Waals surface area (Å²) in [5.41, 5.74) is 7.64. The molecular formula is C12H21N3. The Morgan fingerprint density at radius 1 is 1.40 bits per heavy atom. The van der Waals surface area contributed by atoms with Crippen LogP contribution in [-0.4, -0.2) is 17.1 Å². The highest BCUT2D eigenvalue weighted by molar-refractivity contribution is 5.53. The molecule has 0 aliphatic rings. The van der Waals surface area contributed by atoms with E-state index in [0.717, 1.165) is 23.6 Å². The quantitative estimate of drug-likeness (QED) is 0.810. The van der Waals surface area contributed by atoms with E-state index in [1.54, 1.807) is 6.20 Å². The van der Waals surface area contributed by atoms with E-state index in [0.29, 0.717) is 0 Å². The zero-order valence-corrected chi connectivity index (χ0v) is 10.3. The second-order valence-electron chi connectivity index (χ2n) is 4.82. The summed E-state index contributed by atoms with van der Waals surface area (Å²) in [5, 5.41) is 0. The summed E-state index contributed by atoms with van der Waals surface area (Å²) in [6.07, 6.45) is 1.72. The van der Waals surface area contributed by atoms with Gasteiger partial charge in [-0.05, 0) is 46.2 Å². The van der Waals surface area contributed by atoms with Crippen LogP contribution >= 0.6 is 0 Å². The second kappa shape index (κ2) is 4.09. The molecule has 84 valence electrons. The fourth-order valence-electron chi connectivity index (χ4n) is 1.81. The third kappa shape index (κ3) is 2.61. The summed E-state index contributed by atoms with van der Waals surface area (Å²) in [7, 11) is 0. The van der Waals surface area contributed by atoms with E-state index in [1.807, 2.05) is 13.0 Å². The topological polar surface area (TPSA) is 42.2 Å². The van der Waals surface area contributed by atoms with Crippen molar-refractivity contribution in [2.75, 3.05) is 17.2 Å². The van der Waals surface area contributed by atoms with Gasteiger partial charge in [-0.25, -0.2) is 4.98 Å². The van der Waals surface area contributed by atoms with E-state index in [-0.39, 0.29) is 5.54 Å². The van der Waals surface area contributed by atoms with Crippen LogP contribution in [0.3, 0.4) is 0 Å². The van der Waals surface area contributed by atoms with Gasteiger partial charge < -0.3 is 10.6 Å². The number of rotatable bonds is 2. The smallest absolute Gasteiger partial charge is 0.132 e. The predicted molar refractivity (Wildman–Crippen MR) is 66.2 cm³/mol. The van der Waals surface area contributed by atoms with Crippen LogP contribution in [0.4, 0.5) is 11.5 Å². The second-order valence-corrected chi connectivity index (χ2v) is 4.82. The molecule has 3 nitrogen and oxygen atoms in total. The minimum atomic E-state index is 0.0859. The van der Waals surface area contributed by atoms with Gasteiger partial charge in [-0.15, -0.1) is 0 Å². The zero-order chi connectivity index (χ0) is 11.6. The Hall–Kier alpha value is -1.25. The fourth-order valence-corrected chi connectivity index (χ4v) is 1.81. The molecule has 1 aromatic rings. The highest BCUT2D eigenvalue weighted by atomic mass is 15.2. The molecule has 3 heteroatoms. The molecule has 0 aromatic carbocycles. The Morgan fingerprint density at radius 3 is 2.40 bits per heavy atom. The fraction of sp³-hybridized carbons (Fsp3) is 0.583. The van der Waals surface area contributed by atoms with Gasteiger partial charge in [0.05, 0.1) is 11.9 Å². The average Bonchev–Trinajstić information content (AvgIpc) is 2.07. The standard InChI is InChI=1S/C12H21N3/c1-6-15(12(3,4)5)11-9(2)7-10(13)8-14-11/h7-8H,6,13H2,1-5H3. The Bertz CT molecular complexity index is 339. The van der Waals surface area contributed by atoms with Crippen LogP contribution in [0.1, 0.15) is 33.3 Å². The van der Waals surface area contributed by atoms with Gasteiger partial charge in [0.15, 0.2) is 0 Å². The van der Waals surface area contributed by atoms with Gasteiger partial charge in [-0.1, -0.05) is 0 Å². The van der Waals surface area contributed by atoms with E-state index in [1.165, 1.54) is 0 Å². The van der Waals surface area contributed by atoms with Crippen LogP contribution in [0.15, 0.2) is 12.3 Å². The SMILES string of the molecule is CCN(c1ncc(N)cc1C)C(C)(C)C. The molecule has 0 amide bonds. The van der Waals surface area contributed by atoms with Gasteiger partial charge in [0.25, 0.3) is 0 Å². The number of nitrogens with zero attached hydrogens (tertiary/aromatic N) is 2. The highest BCUT2D eigenvalue weighted by Crippen LogP contribution is 2.25. The van der Waals surface area contributed by atoms with Crippen LogP contribution in [0.2, 0.25) is 0 Å². The number of nitrogen functional groups attached to an aromatic ring is 1. The Morgan fingerprint density at radius 2 is 2.00 bits per heavy atom. The van der Waals surface area contributed by atoms with Gasteiger partial charge >= 0.3 is 0 Å². The molecule has 0 bridgehead atoms. The zero-order valence-electron chi connectivity index (χ0n) is 10.3. The van der Waals surface area contributed by atoms with Gasteiger partial charge in [-0.3, -0.25) is 0 Å². The Labute approximate surface area is 92.3 Å². The number of nitrogens with two attached hydrogens (primary N) is 1. The Balaban J connectivity index is 3.13. The first-order chi connectivity index (χ1) is 6.86. The van der Waals surface area contributed by atoms with Crippen molar-refractivity contribution in [3.8, 4) is 0 Å². The summed E-state index contributed by atoms with van der Waals surface area (Å²) in [6.45, 7) is 11.7. The van der Waals surface area contributed by atoms with Crippen molar-refractivity contribution < 1.29 is 0 Å². The van der Waals surface area contributed by atoms with Crippen molar-refractivity contribution in [1.82, 2.24) is 4.98 Å². The molecule has 1 rings (SSSR count). The summed E-state index contributed by atoms with van der Waals surface area (Å²) in [4.78, 5) is 6.70. The first kappa shape index (κ1) is 11.8. The molecule has 0 unspecified atom stereocenters. The molecule has 0 aliphatic heterocycles. The lowest BCUT2D eigenvalue weighted by molar-refractivity contribution is 0.507. The molecule has 0 saturated heterocycles. The molecule has 15 heavy (non-hydrogen) atoms. The lowest BCUT2D eigenvalue weighted by Gasteiger charge is -2.36. The maximum absolute atomic E-state index is 5.70. The Kier molecular flexibility index (Phi) is 3.22. The molecule has 0 saturated carbocycles. The van der Waals surface area contributed by atoms with E-state index >= 15 is 0 Å². The van der Waals surface area contributed by atoms with Crippen LogP contribution < -0.4 is 10.6 Å². The molecule has 2 N–H and O–H groups in total. The predicted octanol–water partition coefficient (Wildman–Crippen LogP) is 2.60. The van der Waals surface area contributed by atoms with Crippen molar-refractivity contribution in [2.45, 2.75) is 40.2 Å². The largest absolute Gasteiger partial charge is 0.397 e. The summed E-state index contributed by atoms with van der Waals surface area (Å²) < 4.78 is 0. The maximum Gasteiger partial charge on any atom is 0.132 e. The molecule has 1 heterocycles. The van der Waals surface area contributed by atoms with Crippen molar-refractivity contribution in [2.24, 2.45) is 0 Å². The molecule has 0 fully saturated rings. The summed E-state index contributed by atoms with van der Waals surface area (Å²) >= 11 is 0. The van der Waals surface area contributed by atoms with Crippen molar-refractivity contribution in [3.63, 3.8) is 0 Å². The maximum atomic E-state index is 5.70. The van der Waals surface area contributed by atoms with Crippen LogP contribution in [0.5, 0.6) is 0 Å². The van der Waals surface area contributed by atoms with Crippen LogP contribution in [0.25, 0.3) is 0 Å². The van der Waals surface area contributed by atoms with Crippen molar-refractivity contribution >= 4 is 11.5 Å². The monoisotopic (exact) mass is 207 g/mol. The first-order valence-electron chi connectivity index (χ1n) is 5.36. The van der Waals surface area contributed by atoms with Crippen LogP contribution in [0, 0.1) is 6.92 Å². The van der Waals surface area contributed by atoms with Gasteiger partial charge in [0.1, 0.15) is 5.82 Å². The molecule has 1 aromatic heterocycles. The minimum Gasteiger partial charge on any atom is -0.397 e. The van der Waals surface area contributed by atoms with Gasteiger partial charge in [0.2, 0.25) is 0 Å². The van der Waals surface area contributed by atoms with E-state index < -0.39 is 0 Å². The van der Waals surface area contributed by atoms with E-state index in [9.17, 15) is 0 Å². The summed E-state index contributed by atoms with van der Waals surface area (Å²) in [5.74, 6) is 1.03. The summed E-state index contributed by atoms with van der Waals surface area (Å²) in [6, 6.07) is 1.97. The van der Waals surface area contributed by atoms with Crippen molar-refractivity contribution in [3.05, 3.63) is 17.8 Å². The number of pyridine rings is 1. The molecule has 0 spiro atoms. The number of aryl methyl sites for hydroxylation is 1. The molecule has 0 atom stereocenters. The molecule has 0 aliphatic carbocycles. The van der Waals surface area contributed by atoms with Crippen LogP contribution in [-0.2, 0) is 0 Å². The van der Waals surface area contributed by atoms with E-state index in [2.05, 4.69) is 37.6 Å².